The van der Waals surface area contributed by atoms with E-state index in [-0.39, 0.29) is 17.1 Å². The summed E-state index contributed by atoms with van der Waals surface area (Å²) in [6.45, 7) is 4.47. The molecule has 3 aromatic heterocycles. The van der Waals surface area contributed by atoms with Crippen molar-refractivity contribution in [2.24, 2.45) is 0 Å². The lowest BCUT2D eigenvalue weighted by Gasteiger charge is -2.14. The van der Waals surface area contributed by atoms with Crippen molar-refractivity contribution >= 4 is 95.0 Å². The molecular weight excluding hydrogens is 629 g/mol. The van der Waals surface area contributed by atoms with Gasteiger partial charge in [0.1, 0.15) is 5.75 Å². The summed E-state index contributed by atoms with van der Waals surface area (Å²) < 4.78 is 11.2. The van der Waals surface area contributed by atoms with Crippen LogP contribution in [-0.2, 0) is 17.6 Å². The monoisotopic (exact) mass is 658 g/mol. The van der Waals surface area contributed by atoms with E-state index in [9.17, 15) is 9.59 Å². The summed E-state index contributed by atoms with van der Waals surface area (Å²) in [6.07, 6.45) is 4.28. The van der Waals surface area contributed by atoms with Crippen molar-refractivity contribution in [2.75, 3.05) is 17.7 Å². The Balaban J connectivity index is 1.00. The minimum absolute atomic E-state index is 0.0874. The van der Waals surface area contributed by atoms with E-state index in [0.717, 1.165) is 65.3 Å². The topological polar surface area (TPSA) is 86.1 Å². The number of anilines is 1. The smallest absolute Gasteiger partial charge is 0.241 e. The first-order valence-electron chi connectivity index (χ1n) is 14.7. The number of nitrogens with one attached hydrogen (secondary N) is 1. The molecular formula is C33H30N4O3S4. The van der Waals surface area contributed by atoms with Crippen LogP contribution < -0.4 is 10.1 Å². The molecule has 1 atom stereocenters. The van der Waals surface area contributed by atoms with Crippen molar-refractivity contribution in [1.82, 2.24) is 14.5 Å². The number of hydrogen-bond acceptors (Lipinski definition) is 9. The summed E-state index contributed by atoms with van der Waals surface area (Å²) in [5, 5.41) is 3.93. The van der Waals surface area contributed by atoms with Crippen molar-refractivity contribution in [3.8, 4) is 5.75 Å². The van der Waals surface area contributed by atoms with E-state index in [1.54, 1.807) is 22.7 Å². The summed E-state index contributed by atoms with van der Waals surface area (Å²) in [6, 6.07) is 19.9. The number of amides is 1. The molecule has 11 heteroatoms. The average molecular weight is 659 g/mol. The average Bonchev–Trinajstić information content (AvgIpc) is 3.72. The maximum atomic E-state index is 13.5. The molecule has 3 heterocycles. The number of aryl methyl sites for hydroxylation is 1. The summed E-state index contributed by atoms with van der Waals surface area (Å²) in [5.74, 6) is 1.15. The second kappa shape index (κ2) is 12.5. The number of fused-ring (bicyclic) bond motifs is 5. The molecule has 6 aromatic rings. The van der Waals surface area contributed by atoms with Crippen LogP contribution in [0.2, 0.25) is 0 Å². The van der Waals surface area contributed by atoms with E-state index in [0.29, 0.717) is 12.4 Å². The van der Waals surface area contributed by atoms with Crippen molar-refractivity contribution in [3.05, 3.63) is 71.9 Å². The second-order valence-corrected chi connectivity index (χ2v) is 15.5. The number of aromatic nitrogens is 3. The molecule has 1 aliphatic rings. The molecule has 0 saturated heterocycles. The molecule has 3 aromatic carbocycles. The lowest BCUT2D eigenvalue weighted by atomic mass is 9.96. The van der Waals surface area contributed by atoms with Crippen LogP contribution in [0.4, 0.5) is 5.69 Å². The van der Waals surface area contributed by atoms with E-state index < -0.39 is 0 Å². The first-order chi connectivity index (χ1) is 21.5. The number of thiazole rings is 2. The van der Waals surface area contributed by atoms with E-state index in [1.165, 1.54) is 46.6 Å². The first-order valence-corrected chi connectivity index (χ1v) is 18.2. The summed E-state index contributed by atoms with van der Waals surface area (Å²) in [7, 11) is 0. The fourth-order valence-corrected chi connectivity index (χ4v) is 9.85. The summed E-state index contributed by atoms with van der Waals surface area (Å²) in [4.78, 5) is 36.0. The highest BCUT2D eigenvalue weighted by Gasteiger charge is 2.24. The Kier molecular flexibility index (Phi) is 8.37. The molecule has 0 saturated carbocycles. The molecule has 1 aliphatic carbocycles. The van der Waals surface area contributed by atoms with Crippen molar-refractivity contribution in [3.63, 3.8) is 0 Å². The van der Waals surface area contributed by atoms with Crippen molar-refractivity contribution < 1.29 is 14.3 Å². The molecule has 0 bridgehead atoms. The molecule has 224 valence electrons. The maximum Gasteiger partial charge on any atom is 0.241 e. The van der Waals surface area contributed by atoms with Gasteiger partial charge in [-0.3, -0.25) is 14.2 Å². The van der Waals surface area contributed by atoms with Gasteiger partial charge in [0, 0.05) is 16.8 Å². The third kappa shape index (κ3) is 5.85. The zero-order chi connectivity index (χ0) is 30.2. The van der Waals surface area contributed by atoms with Gasteiger partial charge in [-0.1, -0.05) is 41.7 Å². The minimum Gasteiger partial charge on any atom is -0.494 e. The fraction of sp³-hybridized carbons (Fsp3) is 0.273. The zero-order valence-corrected chi connectivity index (χ0v) is 27.6. The van der Waals surface area contributed by atoms with Gasteiger partial charge < -0.3 is 10.1 Å². The molecule has 7 rings (SSSR count). The van der Waals surface area contributed by atoms with Crippen molar-refractivity contribution in [1.29, 1.82) is 0 Å². The Morgan fingerprint density at radius 1 is 0.977 bits per heavy atom. The number of carbonyl (C=O) groups is 2. The Morgan fingerprint density at radius 2 is 1.73 bits per heavy atom. The Morgan fingerprint density at radius 3 is 2.59 bits per heavy atom. The molecule has 44 heavy (non-hydrogen) atoms. The molecule has 1 N–H and O–H groups in total. The highest BCUT2D eigenvalue weighted by molar-refractivity contribution is 8.02. The molecule has 0 fully saturated rings. The lowest BCUT2D eigenvalue weighted by Crippen LogP contribution is -2.22. The number of rotatable bonds is 9. The molecule has 7 nitrogen and oxygen atoms in total. The molecule has 0 spiro atoms. The Bertz CT molecular complexity index is 2030. The van der Waals surface area contributed by atoms with Crippen molar-refractivity contribution in [2.45, 2.75) is 53.5 Å². The third-order valence-electron chi connectivity index (χ3n) is 7.68. The number of thioether (sulfide) groups is 2. The predicted octanol–water partition coefficient (Wildman–Crippen LogP) is 8.69. The van der Waals surface area contributed by atoms with Gasteiger partial charge in [-0.05, 0) is 87.6 Å². The van der Waals surface area contributed by atoms with Gasteiger partial charge in [0.25, 0.3) is 0 Å². The van der Waals surface area contributed by atoms with E-state index >= 15 is 0 Å². The van der Waals surface area contributed by atoms with Gasteiger partial charge in [-0.25, -0.2) is 9.97 Å². The van der Waals surface area contributed by atoms with Crippen LogP contribution in [-0.4, -0.2) is 44.0 Å². The molecule has 1 amide bonds. The third-order valence-corrected chi connectivity index (χ3v) is 12.0. The van der Waals surface area contributed by atoms with E-state index in [1.807, 2.05) is 60.9 Å². The van der Waals surface area contributed by atoms with Crippen LogP contribution >= 0.6 is 46.2 Å². The minimum atomic E-state index is -0.327. The van der Waals surface area contributed by atoms with Gasteiger partial charge in [0.2, 0.25) is 11.8 Å². The van der Waals surface area contributed by atoms with E-state index in [4.69, 9.17) is 9.72 Å². The van der Waals surface area contributed by atoms with Gasteiger partial charge in [-0.2, -0.15) is 0 Å². The predicted molar refractivity (Wildman–Crippen MR) is 184 cm³/mol. The Labute approximate surface area is 271 Å². The van der Waals surface area contributed by atoms with Crippen LogP contribution in [0.15, 0.2) is 69.3 Å². The van der Waals surface area contributed by atoms with Gasteiger partial charge in [0.15, 0.2) is 8.68 Å². The summed E-state index contributed by atoms with van der Waals surface area (Å²) in [5.41, 5.74) is 6.02. The van der Waals surface area contributed by atoms with Crippen LogP contribution in [0, 0.1) is 0 Å². The van der Waals surface area contributed by atoms with Crippen LogP contribution in [0.1, 0.15) is 42.7 Å². The zero-order valence-electron chi connectivity index (χ0n) is 24.3. The second-order valence-electron chi connectivity index (χ2n) is 10.6. The highest BCUT2D eigenvalue weighted by atomic mass is 32.2. The molecule has 1 unspecified atom stereocenters. The van der Waals surface area contributed by atoms with E-state index in [2.05, 4.69) is 28.5 Å². The van der Waals surface area contributed by atoms with Gasteiger partial charge in [0.05, 0.1) is 43.6 Å². The van der Waals surface area contributed by atoms with Gasteiger partial charge >= 0.3 is 0 Å². The number of hydrogen-bond donors (Lipinski definition) is 1. The number of ether oxygens (including phenoxy) is 1. The first kappa shape index (κ1) is 29.3. The Hall–Kier alpha value is -3.38. The summed E-state index contributed by atoms with van der Waals surface area (Å²) >= 11 is 6.03. The largest absolute Gasteiger partial charge is 0.494 e. The molecule has 0 radical (unpaired) electrons. The standard InChI is InChI=1S/C33H30N4O3S4/c1-3-40-21-13-15-25-29(17-21)44-33(36-25)42-19(2)31(39)34-20-12-14-24-28(16-20)43-32(35-24)41-18-30(38)37-26-10-6-4-8-22(26)23-9-5-7-11-27(23)37/h4,6,8,10,12-17,19H,3,5,7,9,11,18H2,1-2H3,(H,34,39). The SMILES string of the molecule is CCOc1ccc2nc(SC(C)C(=O)Nc3ccc4nc(SCC(=O)n5c6c(c7ccccc75)CCCC6)sc4c3)sc2c1. The number of carbonyl (C=O) groups excluding carboxylic acids is 2. The van der Waals surface area contributed by atoms with Crippen LogP contribution in [0.5, 0.6) is 5.75 Å². The quantitative estimate of drug-likeness (QED) is 0.156. The van der Waals surface area contributed by atoms with Crippen LogP contribution in [0.3, 0.4) is 0 Å². The fourth-order valence-electron chi connectivity index (χ4n) is 5.65. The number of benzene rings is 3. The maximum absolute atomic E-state index is 13.5. The number of para-hydroxylation sites is 1. The van der Waals surface area contributed by atoms with Crippen LogP contribution in [0.25, 0.3) is 31.3 Å². The molecule has 0 aliphatic heterocycles. The number of nitrogens with zero attached hydrogens (tertiary/aromatic N) is 3. The normalized spacial score (nSPS) is 13.8. The highest BCUT2D eigenvalue weighted by Crippen LogP contribution is 2.36. The van der Waals surface area contributed by atoms with Gasteiger partial charge in [-0.15, -0.1) is 22.7 Å². The lowest BCUT2D eigenvalue weighted by molar-refractivity contribution is -0.115.